The Balaban J connectivity index is 0.00000196. The van der Waals surface area contributed by atoms with Gasteiger partial charge in [0, 0.05) is 35.2 Å². The lowest BCUT2D eigenvalue weighted by molar-refractivity contribution is 0.190. The largest absolute Gasteiger partial charge is 0.334 e. The lowest BCUT2D eigenvalue weighted by Gasteiger charge is -2.30. The molecule has 138 valence electrons. The molecule has 1 aliphatic rings. The van der Waals surface area contributed by atoms with Crippen LogP contribution < -0.4 is 5.32 Å². The van der Waals surface area contributed by atoms with Crippen molar-refractivity contribution >= 4 is 35.5 Å². The highest BCUT2D eigenvalue weighted by Gasteiger charge is 2.26. The highest BCUT2D eigenvalue weighted by molar-refractivity contribution is 7.98. The summed E-state index contributed by atoms with van der Waals surface area (Å²) in [5, 5.41) is 9.75. The molecule has 0 radical (unpaired) electrons. The lowest BCUT2D eigenvalue weighted by atomic mass is 10.2. The Bertz CT molecular complexity index is 824. The molecule has 0 aliphatic carbocycles. The minimum atomic E-state index is 0. The number of hydrogen-bond acceptors (Lipinski definition) is 7. The van der Waals surface area contributed by atoms with Gasteiger partial charge in [-0.2, -0.15) is 4.98 Å². The van der Waals surface area contributed by atoms with Crippen LogP contribution >= 0.6 is 35.5 Å². The van der Waals surface area contributed by atoms with Crippen LogP contribution in [-0.4, -0.2) is 41.7 Å². The molecule has 0 bridgehead atoms. The monoisotopic (exact) mass is 408 g/mol. The zero-order valence-corrected chi connectivity index (χ0v) is 16.9. The number of piperazine rings is 1. The van der Waals surface area contributed by atoms with Crippen molar-refractivity contribution < 1.29 is 4.52 Å². The van der Waals surface area contributed by atoms with Gasteiger partial charge in [-0.05, 0) is 30.6 Å². The maximum atomic E-state index is 5.60. The maximum Gasteiger partial charge on any atom is 0.259 e. The number of likely N-dealkylation sites (N-methyl/N-ethyl adjacent to an activating group) is 1. The van der Waals surface area contributed by atoms with Crippen molar-refractivity contribution in [3.63, 3.8) is 0 Å². The number of hydrogen-bond donors (Lipinski definition) is 1. The number of rotatable bonds is 5. The van der Waals surface area contributed by atoms with Gasteiger partial charge in [-0.15, -0.1) is 35.5 Å². The predicted molar refractivity (Wildman–Crippen MR) is 109 cm³/mol. The van der Waals surface area contributed by atoms with Crippen molar-refractivity contribution in [3.05, 3.63) is 52.5 Å². The van der Waals surface area contributed by atoms with Gasteiger partial charge in [-0.25, -0.2) is 0 Å². The van der Waals surface area contributed by atoms with E-state index < -0.39 is 0 Å². The summed E-state index contributed by atoms with van der Waals surface area (Å²) < 4.78 is 5.60. The molecule has 0 saturated carbocycles. The molecule has 1 saturated heterocycles. The van der Waals surface area contributed by atoms with Gasteiger partial charge in [0.15, 0.2) is 5.82 Å². The van der Waals surface area contributed by atoms with Crippen LogP contribution in [0.25, 0.3) is 11.5 Å². The van der Waals surface area contributed by atoms with Gasteiger partial charge in [0.05, 0.1) is 11.6 Å². The van der Waals surface area contributed by atoms with E-state index in [1.54, 1.807) is 23.1 Å². The zero-order valence-electron chi connectivity index (χ0n) is 14.4. The molecular weight excluding hydrogens is 388 g/mol. The van der Waals surface area contributed by atoms with Gasteiger partial charge < -0.3 is 9.84 Å². The molecule has 3 heterocycles. The third-order valence-electron chi connectivity index (χ3n) is 4.32. The number of nitrogens with one attached hydrogen (secondary N) is 1. The van der Waals surface area contributed by atoms with E-state index in [9.17, 15) is 0 Å². The SMILES string of the molecule is CN1CCNCC1c1noc(-c2ccccc2SCc2cccs2)n1.Cl. The van der Waals surface area contributed by atoms with Crippen LogP contribution in [0.4, 0.5) is 0 Å². The molecule has 1 atom stereocenters. The summed E-state index contributed by atoms with van der Waals surface area (Å²) in [6.45, 7) is 2.84. The molecule has 1 aliphatic heterocycles. The molecule has 0 spiro atoms. The van der Waals surface area contributed by atoms with Gasteiger partial charge >= 0.3 is 0 Å². The fourth-order valence-electron chi connectivity index (χ4n) is 2.89. The fraction of sp³-hybridized carbons (Fsp3) is 0.333. The predicted octanol–water partition coefficient (Wildman–Crippen LogP) is 4.09. The molecule has 0 amide bonds. The summed E-state index contributed by atoms with van der Waals surface area (Å²) in [4.78, 5) is 9.49. The van der Waals surface area contributed by atoms with Gasteiger partial charge in [0.1, 0.15) is 0 Å². The molecule has 1 fully saturated rings. The topological polar surface area (TPSA) is 54.2 Å². The summed E-state index contributed by atoms with van der Waals surface area (Å²) >= 11 is 3.59. The quantitative estimate of drug-likeness (QED) is 0.642. The Labute approximate surface area is 167 Å². The molecule has 1 aromatic carbocycles. The first-order valence-corrected chi connectivity index (χ1v) is 10.2. The normalized spacial score (nSPS) is 17.8. The second-order valence-corrected chi connectivity index (χ2v) is 8.07. The van der Waals surface area contributed by atoms with Gasteiger partial charge in [-0.3, -0.25) is 4.90 Å². The molecule has 3 aromatic rings. The number of benzene rings is 1. The van der Waals surface area contributed by atoms with Crippen LogP contribution in [0.1, 0.15) is 16.7 Å². The molecule has 8 heteroatoms. The molecule has 1 N–H and O–H groups in total. The van der Waals surface area contributed by atoms with Crippen molar-refractivity contribution in [2.75, 3.05) is 26.7 Å². The van der Waals surface area contributed by atoms with Crippen LogP contribution in [0.2, 0.25) is 0 Å². The summed E-state index contributed by atoms with van der Waals surface area (Å²) in [6.07, 6.45) is 0. The smallest absolute Gasteiger partial charge is 0.259 e. The summed E-state index contributed by atoms with van der Waals surface area (Å²) in [5.41, 5.74) is 1.01. The van der Waals surface area contributed by atoms with E-state index in [-0.39, 0.29) is 18.4 Å². The average molecular weight is 409 g/mol. The Morgan fingerprint density at radius 3 is 3.00 bits per heavy atom. The zero-order chi connectivity index (χ0) is 17.1. The number of halogens is 1. The van der Waals surface area contributed by atoms with Crippen molar-refractivity contribution in [1.29, 1.82) is 0 Å². The van der Waals surface area contributed by atoms with Crippen molar-refractivity contribution in [1.82, 2.24) is 20.4 Å². The standard InChI is InChI=1S/C18H20N4OS2.ClH/c1-22-9-8-19-11-15(22)17-20-18(23-21-17)14-6-2-3-7-16(14)25-12-13-5-4-10-24-13;/h2-7,10,15,19H,8-9,11-12H2,1H3;1H. The highest BCUT2D eigenvalue weighted by Crippen LogP contribution is 2.34. The number of thiophene rings is 1. The lowest BCUT2D eigenvalue weighted by Crippen LogP contribution is -2.44. The first-order valence-electron chi connectivity index (χ1n) is 8.30. The van der Waals surface area contributed by atoms with Crippen LogP contribution in [-0.2, 0) is 5.75 Å². The third-order valence-corrected chi connectivity index (χ3v) is 6.50. The molecule has 5 nitrogen and oxygen atoms in total. The molecule has 1 unspecified atom stereocenters. The number of nitrogens with zero attached hydrogens (tertiary/aromatic N) is 3. The highest BCUT2D eigenvalue weighted by atomic mass is 35.5. The Morgan fingerprint density at radius 1 is 1.31 bits per heavy atom. The minimum Gasteiger partial charge on any atom is -0.334 e. The van der Waals surface area contributed by atoms with E-state index in [2.05, 4.69) is 58.1 Å². The molecule has 4 rings (SSSR count). The van der Waals surface area contributed by atoms with E-state index in [0.29, 0.717) is 5.89 Å². The molecular formula is C18H21ClN4OS2. The molecule has 26 heavy (non-hydrogen) atoms. The van der Waals surface area contributed by atoms with Crippen LogP contribution in [0.15, 0.2) is 51.2 Å². The van der Waals surface area contributed by atoms with Gasteiger partial charge in [0.2, 0.25) is 0 Å². The minimum absolute atomic E-state index is 0. The summed E-state index contributed by atoms with van der Waals surface area (Å²) in [5.74, 6) is 2.30. The second-order valence-electron chi connectivity index (χ2n) is 6.02. The Hall–Kier alpha value is -1.38. The first-order chi connectivity index (χ1) is 12.3. The number of thioether (sulfide) groups is 1. The Kier molecular flexibility index (Phi) is 6.72. The van der Waals surface area contributed by atoms with E-state index >= 15 is 0 Å². The average Bonchev–Trinajstić information content (AvgIpc) is 3.33. The van der Waals surface area contributed by atoms with Crippen molar-refractivity contribution in [2.24, 2.45) is 0 Å². The maximum absolute atomic E-state index is 5.60. The third kappa shape index (κ3) is 4.29. The van der Waals surface area contributed by atoms with Crippen LogP contribution in [0.3, 0.4) is 0 Å². The second kappa shape index (κ2) is 9.01. The summed E-state index contributed by atoms with van der Waals surface area (Å²) in [6, 6.07) is 12.7. The molecule has 2 aromatic heterocycles. The fourth-order valence-corrected chi connectivity index (χ4v) is 4.70. The van der Waals surface area contributed by atoms with E-state index in [1.165, 1.54) is 9.77 Å². The van der Waals surface area contributed by atoms with Gasteiger partial charge in [-0.1, -0.05) is 23.4 Å². The summed E-state index contributed by atoms with van der Waals surface area (Å²) in [7, 11) is 2.10. The van der Waals surface area contributed by atoms with Crippen molar-refractivity contribution in [3.8, 4) is 11.5 Å². The van der Waals surface area contributed by atoms with Crippen molar-refractivity contribution in [2.45, 2.75) is 16.7 Å². The van der Waals surface area contributed by atoms with Crippen LogP contribution in [0.5, 0.6) is 0 Å². The number of aromatic nitrogens is 2. The van der Waals surface area contributed by atoms with E-state index in [0.717, 1.165) is 36.8 Å². The van der Waals surface area contributed by atoms with E-state index in [1.807, 2.05) is 6.07 Å². The Morgan fingerprint density at radius 2 is 2.19 bits per heavy atom. The van der Waals surface area contributed by atoms with E-state index in [4.69, 9.17) is 9.51 Å². The van der Waals surface area contributed by atoms with Gasteiger partial charge in [0.25, 0.3) is 5.89 Å². The first kappa shape index (κ1) is 19.4. The van der Waals surface area contributed by atoms with Crippen LogP contribution in [0, 0.1) is 0 Å².